The number of hydrogen-bond donors (Lipinski definition) is 0. The monoisotopic (exact) mass is 458 g/mol. The summed E-state index contributed by atoms with van der Waals surface area (Å²) in [6, 6.07) is 10.1. The maximum absolute atomic E-state index is 13.7. The molecule has 0 spiro atoms. The quantitative estimate of drug-likeness (QED) is 0.302. The van der Waals surface area contributed by atoms with E-state index in [1.165, 1.54) is 30.2 Å². The van der Waals surface area contributed by atoms with Gasteiger partial charge in [-0.25, -0.2) is 4.98 Å². The van der Waals surface area contributed by atoms with Crippen LogP contribution in [0.25, 0.3) is 10.2 Å². The second kappa shape index (κ2) is 9.54. The van der Waals surface area contributed by atoms with Gasteiger partial charge in [-0.2, -0.15) is 0 Å². The number of esters is 1. The Bertz CT molecular complexity index is 1140. The summed E-state index contributed by atoms with van der Waals surface area (Å²) in [6.45, 7) is 5.31. The van der Waals surface area contributed by atoms with Crippen LogP contribution in [0.15, 0.2) is 40.3 Å². The molecule has 0 fully saturated rings. The first-order valence-corrected chi connectivity index (χ1v) is 12.2. The number of ether oxygens (including phenoxy) is 2. The zero-order valence-corrected chi connectivity index (χ0v) is 19.6. The van der Waals surface area contributed by atoms with Gasteiger partial charge in [-0.05, 0) is 23.5 Å². The molecule has 1 aliphatic rings. The van der Waals surface area contributed by atoms with Crippen molar-refractivity contribution in [3.8, 4) is 0 Å². The van der Waals surface area contributed by atoms with Crippen LogP contribution in [0.5, 0.6) is 0 Å². The highest BCUT2D eigenvalue weighted by molar-refractivity contribution is 7.99. The van der Waals surface area contributed by atoms with Gasteiger partial charge in [0.25, 0.3) is 5.56 Å². The van der Waals surface area contributed by atoms with Crippen molar-refractivity contribution in [2.45, 2.75) is 51.1 Å². The molecule has 4 rings (SSSR count). The van der Waals surface area contributed by atoms with Crippen molar-refractivity contribution in [1.82, 2.24) is 9.55 Å². The lowest BCUT2D eigenvalue weighted by Crippen LogP contribution is -2.29. The van der Waals surface area contributed by atoms with E-state index >= 15 is 0 Å². The number of aryl methyl sites for hydroxylation is 1. The normalized spacial score (nSPS) is 15.9. The van der Waals surface area contributed by atoms with Crippen LogP contribution in [-0.2, 0) is 40.3 Å². The van der Waals surface area contributed by atoms with E-state index in [0.29, 0.717) is 36.0 Å². The first-order chi connectivity index (χ1) is 15.0. The van der Waals surface area contributed by atoms with Gasteiger partial charge in [0, 0.05) is 17.8 Å². The number of thiophene rings is 1. The van der Waals surface area contributed by atoms with Gasteiger partial charge in [0.1, 0.15) is 4.83 Å². The van der Waals surface area contributed by atoms with Crippen molar-refractivity contribution < 1.29 is 14.3 Å². The Morgan fingerprint density at radius 2 is 2.13 bits per heavy atom. The molecule has 1 aliphatic heterocycles. The Morgan fingerprint density at radius 3 is 2.84 bits per heavy atom. The summed E-state index contributed by atoms with van der Waals surface area (Å²) in [5.41, 5.74) is 2.20. The molecule has 0 saturated carbocycles. The summed E-state index contributed by atoms with van der Waals surface area (Å²) in [4.78, 5) is 32.0. The van der Waals surface area contributed by atoms with Gasteiger partial charge >= 0.3 is 5.97 Å². The van der Waals surface area contributed by atoms with E-state index in [9.17, 15) is 9.59 Å². The number of methoxy groups -OCH3 is 1. The second-order valence-electron chi connectivity index (χ2n) is 7.93. The molecular weight excluding hydrogens is 432 g/mol. The molecule has 0 N–H and O–H groups in total. The standard InChI is InChI=1S/C23H26N2O4S2/c1-14(2)17-11-16-18(12-29-17)31-21-20(16)22(27)25(10-9-15-7-5-4-6-8-15)23(24-21)30-13-19(26)28-3/h4-8,14,17H,9-13H2,1-3H3. The van der Waals surface area contributed by atoms with E-state index in [1.807, 2.05) is 18.2 Å². The summed E-state index contributed by atoms with van der Waals surface area (Å²) in [7, 11) is 1.36. The van der Waals surface area contributed by atoms with E-state index in [4.69, 9.17) is 14.5 Å². The molecule has 1 unspecified atom stereocenters. The van der Waals surface area contributed by atoms with Crippen LogP contribution in [0.3, 0.4) is 0 Å². The van der Waals surface area contributed by atoms with Gasteiger partial charge in [0.2, 0.25) is 0 Å². The molecule has 8 heteroatoms. The van der Waals surface area contributed by atoms with E-state index in [-0.39, 0.29) is 23.4 Å². The summed E-state index contributed by atoms with van der Waals surface area (Å²) in [5, 5.41) is 1.27. The Balaban J connectivity index is 1.75. The number of rotatable bonds is 7. The third-order valence-corrected chi connectivity index (χ3v) is 7.60. The number of carbonyl (C=O) groups excluding carboxylic acids is 1. The number of aromatic nitrogens is 2. The van der Waals surface area contributed by atoms with Crippen LogP contribution in [0.2, 0.25) is 0 Å². The molecule has 2 aromatic heterocycles. The van der Waals surface area contributed by atoms with Crippen molar-refractivity contribution in [2.75, 3.05) is 12.9 Å². The highest BCUT2D eigenvalue weighted by Crippen LogP contribution is 2.35. The van der Waals surface area contributed by atoms with Crippen LogP contribution in [-0.4, -0.2) is 34.5 Å². The Kier molecular flexibility index (Phi) is 6.79. The van der Waals surface area contributed by atoms with E-state index in [0.717, 1.165) is 27.3 Å². The van der Waals surface area contributed by atoms with Crippen LogP contribution in [0.4, 0.5) is 0 Å². The van der Waals surface area contributed by atoms with Gasteiger partial charge in [-0.3, -0.25) is 14.2 Å². The molecule has 0 saturated heterocycles. The molecule has 0 amide bonds. The molecule has 0 radical (unpaired) electrons. The lowest BCUT2D eigenvalue weighted by Gasteiger charge is -2.26. The smallest absolute Gasteiger partial charge is 0.316 e. The fraction of sp³-hybridized carbons (Fsp3) is 0.435. The molecule has 0 bridgehead atoms. The summed E-state index contributed by atoms with van der Waals surface area (Å²) in [6.07, 6.45) is 1.55. The molecule has 1 aromatic carbocycles. The summed E-state index contributed by atoms with van der Waals surface area (Å²) < 4.78 is 12.5. The predicted molar refractivity (Wildman–Crippen MR) is 124 cm³/mol. The van der Waals surface area contributed by atoms with Crippen molar-refractivity contribution in [2.24, 2.45) is 5.92 Å². The highest BCUT2D eigenvalue weighted by Gasteiger charge is 2.28. The van der Waals surface area contributed by atoms with Crippen LogP contribution >= 0.6 is 23.1 Å². The molecule has 1 atom stereocenters. The van der Waals surface area contributed by atoms with Gasteiger partial charge in [-0.1, -0.05) is 55.9 Å². The largest absolute Gasteiger partial charge is 0.468 e. The molecule has 31 heavy (non-hydrogen) atoms. The van der Waals surface area contributed by atoms with Gasteiger partial charge in [0.15, 0.2) is 5.16 Å². The first kappa shape index (κ1) is 22.0. The minimum absolute atomic E-state index is 0.0322. The zero-order chi connectivity index (χ0) is 22.0. The number of thioether (sulfide) groups is 1. The van der Waals surface area contributed by atoms with E-state index < -0.39 is 0 Å². The minimum atomic E-state index is -0.340. The maximum Gasteiger partial charge on any atom is 0.316 e. The Labute approximate surface area is 189 Å². The fourth-order valence-electron chi connectivity index (χ4n) is 3.74. The number of benzene rings is 1. The molecule has 6 nitrogen and oxygen atoms in total. The highest BCUT2D eigenvalue weighted by atomic mass is 32.2. The topological polar surface area (TPSA) is 70.4 Å². The van der Waals surface area contributed by atoms with Gasteiger partial charge < -0.3 is 9.47 Å². The van der Waals surface area contributed by atoms with Crippen molar-refractivity contribution in [3.05, 3.63) is 56.7 Å². The van der Waals surface area contributed by atoms with Gasteiger partial charge in [0.05, 0.1) is 31.0 Å². The van der Waals surface area contributed by atoms with E-state index in [1.54, 1.807) is 4.57 Å². The minimum Gasteiger partial charge on any atom is -0.468 e. The predicted octanol–water partition coefficient (Wildman–Crippen LogP) is 4.06. The zero-order valence-electron chi connectivity index (χ0n) is 17.9. The molecule has 3 aromatic rings. The van der Waals surface area contributed by atoms with Crippen molar-refractivity contribution >= 4 is 39.3 Å². The molecule has 164 valence electrons. The van der Waals surface area contributed by atoms with Gasteiger partial charge in [-0.15, -0.1) is 11.3 Å². The van der Waals surface area contributed by atoms with Crippen molar-refractivity contribution in [3.63, 3.8) is 0 Å². The fourth-order valence-corrected chi connectivity index (χ4v) is 5.77. The van der Waals surface area contributed by atoms with Crippen LogP contribution in [0.1, 0.15) is 29.9 Å². The first-order valence-electron chi connectivity index (χ1n) is 10.4. The van der Waals surface area contributed by atoms with Crippen LogP contribution in [0, 0.1) is 5.92 Å². The Hall–Kier alpha value is -2.16. The average Bonchev–Trinajstić information content (AvgIpc) is 3.15. The summed E-state index contributed by atoms with van der Waals surface area (Å²) in [5.74, 6) is 0.155. The lowest BCUT2D eigenvalue weighted by atomic mass is 9.96. The van der Waals surface area contributed by atoms with E-state index in [2.05, 4.69) is 26.0 Å². The number of nitrogens with zero attached hydrogens (tertiary/aromatic N) is 2. The molecular formula is C23H26N2O4S2. The van der Waals surface area contributed by atoms with Crippen molar-refractivity contribution in [1.29, 1.82) is 0 Å². The Morgan fingerprint density at radius 1 is 1.35 bits per heavy atom. The van der Waals surface area contributed by atoms with Crippen LogP contribution < -0.4 is 5.56 Å². The SMILES string of the molecule is COC(=O)CSc1nc2sc3c(c2c(=O)n1CCc1ccccc1)CC(C(C)C)OC3. The average molecular weight is 459 g/mol. The molecule has 0 aliphatic carbocycles. The number of carbonyl (C=O) groups is 1. The number of fused-ring (bicyclic) bond motifs is 3. The summed E-state index contributed by atoms with van der Waals surface area (Å²) >= 11 is 2.77. The molecule has 3 heterocycles. The third-order valence-electron chi connectivity index (χ3n) is 5.55. The third kappa shape index (κ3) is 4.71. The lowest BCUT2D eigenvalue weighted by molar-refractivity contribution is -0.137. The number of hydrogen-bond acceptors (Lipinski definition) is 7. The second-order valence-corrected chi connectivity index (χ2v) is 9.96. The maximum atomic E-state index is 13.7.